The number of rotatable bonds is 6. The molecule has 1 aromatic heterocycles. The minimum absolute atomic E-state index is 0.0370. The van der Waals surface area contributed by atoms with E-state index in [1.807, 2.05) is 6.92 Å². The third kappa shape index (κ3) is 4.93. The predicted molar refractivity (Wildman–Crippen MR) is 91.0 cm³/mol. The van der Waals surface area contributed by atoms with E-state index in [-0.39, 0.29) is 24.3 Å². The minimum Gasteiger partial charge on any atom is -0.494 e. The molecule has 3 rings (SSSR count). The van der Waals surface area contributed by atoms with E-state index in [2.05, 4.69) is 10.2 Å². The van der Waals surface area contributed by atoms with Gasteiger partial charge < -0.3 is 18.8 Å². The Morgan fingerprint density at radius 3 is 2.29 bits per heavy atom. The number of benzene rings is 1. The summed E-state index contributed by atoms with van der Waals surface area (Å²) < 4.78 is 53.2. The van der Waals surface area contributed by atoms with Gasteiger partial charge in [0, 0.05) is 19.0 Å². The second kappa shape index (κ2) is 8.49. The Labute approximate surface area is 159 Å². The van der Waals surface area contributed by atoms with E-state index >= 15 is 0 Å². The number of amides is 1. The first-order valence-corrected chi connectivity index (χ1v) is 8.91. The van der Waals surface area contributed by atoms with Gasteiger partial charge in [0.2, 0.25) is 5.89 Å². The minimum atomic E-state index is -4.65. The number of ether oxygens (including phenoxy) is 2. The molecule has 0 N–H and O–H groups in total. The van der Waals surface area contributed by atoms with Gasteiger partial charge in [-0.05, 0) is 44.0 Å². The third-order valence-corrected chi connectivity index (χ3v) is 4.38. The molecule has 0 radical (unpaired) electrons. The third-order valence-electron chi connectivity index (χ3n) is 4.38. The van der Waals surface area contributed by atoms with Crippen LogP contribution < -0.4 is 9.47 Å². The zero-order valence-electron chi connectivity index (χ0n) is 15.2. The topological polar surface area (TPSA) is 77.7 Å². The lowest BCUT2D eigenvalue weighted by atomic mass is 9.97. The highest BCUT2D eigenvalue weighted by Crippen LogP contribution is 2.32. The lowest BCUT2D eigenvalue weighted by molar-refractivity contribution is -0.157. The molecule has 7 nitrogen and oxygen atoms in total. The SMILES string of the molecule is CCOc1ccc(OCC(=O)N2CCC(c3nnc(C(F)(F)F)o3)CC2)cc1. The summed E-state index contributed by atoms with van der Waals surface area (Å²) >= 11 is 0. The van der Waals surface area contributed by atoms with Crippen molar-refractivity contribution in [2.75, 3.05) is 26.3 Å². The molecule has 1 aliphatic heterocycles. The average molecular weight is 399 g/mol. The number of nitrogens with zero attached hydrogens (tertiary/aromatic N) is 3. The number of likely N-dealkylation sites (tertiary alicyclic amines) is 1. The maximum atomic E-state index is 12.6. The van der Waals surface area contributed by atoms with Crippen LogP contribution in [0.3, 0.4) is 0 Å². The molecule has 152 valence electrons. The lowest BCUT2D eigenvalue weighted by Crippen LogP contribution is -2.40. The Bertz CT molecular complexity index is 784. The van der Waals surface area contributed by atoms with Crippen LogP contribution in [-0.2, 0) is 11.0 Å². The van der Waals surface area contributed by atoms with Crippen molar-refractivity contribution in [3.05, 3.63) is 36.0 Å². The maximum Gasteiger partial charge on any atom is 0.470 e. The van der Waals surface area contributed by atoms with Gasteiger partial charge in [-0.3, -0.25) is 4.79 Å². The Hall–Kier alpha value is -2.78. The molecule has 10 heteroatoms. The molecule has 2 aromatic rings. The molecule has 0 aliphatic carbocycles. The van der Waals surface area contributed by atoms with E-state index in [0.29, 0.717) is 38.3 Å². The molecule has 1 saturated heterocycles. The van der Waals surface area contributed by atoms with Gasteiger partial charge in [-0.15, -0.1) is 10.2 Å². The molecule has 0 bridgehead atoms. The normalized spacial score (nSPS) is 15.5. The van der Waals surface area contributed by atoms with Gasteiger partial charge in [-0.2, -0.15) is 13.2 Å². The number of alkyl halides is 3. The first-order valence-electron chi connectivity index (χ1n) is 8.91. The number of carbonyl (C=O) groups is 1. The van der Waals surface area contributed by atoms with Gasteiger partial charge in [-0.25, -0.2) is 0 Å². The first kappa shape index (κ1) is 20.0. The average Bonchev–Trinajstić information content (AvgIpc) is 3.18. The summed E-state index contributed by atoms with van der Waals surface area (Å²) in [7, 11) is 0. The van der Waals surface area contributed by atoms with Crippen LogP contribution in [0, 0.1) is 0 Å². The van der Waals surface area contributed by atoms with Gasteiger partial charge in [0.25, 0.3) is 5.91 Å². The fourth-order valence-corrected chi connectivity index (χ4v) is 2.93. The molecule has 1 aliphatic rings. The lowest BCUT2D eigenvalue weighted by Gasteiger charge is -2.30. The fraction of sp³-hybridized carbons (Fsp3) is 0.500. The summed E-state index contributed by atoms with van der Waals surface area (Å²) in [6.07, 6.45) is -3.75. The van der Waals surface area contributed by atoms with Crippen molar-refractivity contribution in [1.82, 2.24) is 15.1 Å². The molecule has 0 spiro atoms. The number of carbonyl (C=O) groups excluding carboxylic acids is 1. The molecule has 28 heavy (non-hydrogen) atoms. The number of aromatic nitrogens is 2. The van der Waals surface area contributed by atoms with Crippen LogP contribution in [0.2, 0.25) is 0 Å². The van der Waals surface area contributed by atoms with Gasteiger partial charge in [0.15, 0.2) is 6.61 Å². The summed E-state index contributed by atoms with van der Waals surface area (Å²) in [5.41, 5.74) is 0. The second-order valence-corrected chi connectivity index (χ2v) is 6.29. The van der Waals surface area contributed by atoms with Gasteiger partial charge in [0.1, 0.15) is 11.5 Å². The van der Waals surface area contributed by atoms with Crippen LogP contribution in [0.5, 0.6) is 11.5 Å². The van der Waals surface area contributed by atoms with Crippen molar-refractivity contribution < 1.29 is 31.9 Å². The Morgan fingerprint density at radius 2 is 1.75 bits per heavy atom. The largest absolute Gasteiger partial charge is 0.494 e. The van der Waals surface area contributed by atoms with Crippen molar-refractivity contribution in [1.29, 1.82) is 0 Å². The van der Waals surface area contributed by atoms with Crippen molar-refractivity contribution >= 4 is 5.91 Å². The summed E-state index contributed by atoms with van der Waals surface area (Å²) in [6.45, 7) is 3.12. The summed E-state index contributed by atoms with van der Waals surface area (Å²) in [6, 6.07) is 6.96. The Morgan fingerprint density at radius 1 is 1.14 bits per heavy atom. The van der Waals surface area contributed by atoms with Crippen LogP contribution in [0.1, 0.15) is 37.5 Å². The van der Waals surface area contributed by atoms with Gasteiger partial charge >= 0.3 is 12.1 Å². The van der Waals surface area contributed by atoms with Crippen LogP contribution >= 0.6 is 0 Å². The zero-order valence-corrected chi connectivity index (χ0v) is 15.2. The van der Waals surface area contributed by atoms with E-state index in [9.17, 15) is 18.0 Å². The summed E-state index contributed by atoms with van der Waals surface area (Å²) in [4.78, 5) is 13.9. The van der Waals surface area contributed by atoms with E-state index in [0.717, 1.165) is 5.75 Å². The van der Waals surface area contributed by atoms with Crippen LogP contribution in [0.25, 0.3) is 0 Å². The van der Waals surface area contributed by atoms with Gasteiger partial charge in [-0.1, -0.05) is 0 Å². The predicted octanol–water partition coefficient (Wildman–Crippen LogP) is 3.27. The van der Waals surface area contributed by atoms with E-state index in [1.165, 1.54) is 0 Å². The molecule has 0 atom stereocenters. The highest BCUT2D eigenvalue weighted by Gasteiger charge is 2.39. The molecule has 1 fully saturated rings. The van der Waals surface area contributed by atoms with Crippen molar-refractivity contribution in [3.63, 3.8) is 0 Å². The Balaban J connectivity index is 1.46. The zero-order chi connectivity index (χ0) is 20.1. The number of halogens is 3. The van der Waals surface area contributed by atoms with Crippen LogP contribution in [0.4, 0.5) is 13.2 Å². The summed E-state index contributed by atoms with van der Waals surface area (Å²) in [5.74, 6) is -0.585. The quantitative estimate of drug-likeness (QED) is 0.742. The van der Waals surface area contributed by atoms with E-state index in [1.54, 1.807) is 29.2 Å². The molecular formula is C18H20F3N3O4. The van der Waals surface area contributed by atoms with E-state index in [4.69, 9.17) is 13.9 Å². The molecule has 0 unspecified atom stereocenters. The highest BCUT2D eigenvalue weighted by atomic mass is 19.4. The molecule has 1 aromatic carbocycles. The van der Waals surface area contributed by atoms with Crippen molar-refractivity contribution in [2.45, 2.75) is 31.9 Å². The molecule has 1 amide bonds. The molecular weight excluding hydrogens is 379 g/mol. The highest BCUT2D eigenvalue weighted by molar-refractivity contribution is 5.77. The first-order chi connectivity index (χ1) is 13.4. The molecule has 0 saturated carbocycles. The fourth-order valence-electron chi connectivity index (χ4n) is 2.93. The van der Waals surface area contributed by atoms with Gasteiger partial charge in [0.05, 0.1) is 6.61 Å². The van der Waals surface area contributed by atoms with Crippen molar-refractivity contribution in [3.8, 4) is 11.5 Å². The smallest absolute Gasteiger partial charge is 0.470 e. The monoisotopic (exact) mass is 399 g/mol. The molecule has 2 heterocycles. The van der Waals surface area contributed by atoms with Crippen molar-refractivity contribution in [2.24, 2.45) is 0 Å². The number of hydrogen-bond donors (Lipinski definition) is 0. The second-order valence-electron chi connectivity index (χ2n) is 6.29. The van der Waals surface area contributed by atoms with Crippen LogP contribution in [-0.4, -0.2) is 47.3 Å². The number of piperidine rings is 1. The maximum absolute atomic E-state index is 12.6. The number of hydrogen-bond acceptors (Lipinski definition) is 6. The standard InChI is InChI=1S/C18H20F3N3O4/c1-2-26-13-3-5-14(6-4-13)27-11-15(25)24-9-7-12(8-10-24)16-22-23-17(28-16)18(19,20)21/h3-6,12H,2,7-11H2,1H3. The van der Waals surface area contributed by atoms with E-state index < -0.39 is 12.1 Å². The Kier molecular flexibility index (Phi) is 6.05. The van der Waals surface area contributed by atoms with Crippen LogP contribution in [0.15, 0.2) is 28.7 Å². The summed E-state index contributed by atoms with van der Waals surface area (Å²) in [5, 5.41) is 6.54.